The van der Waals surface area contributed by atoms with Crippen molar-refractivity contribution in [3.63, 3.8) is 0 Å². The SMILES string of the molecule is CC1SCCSC1c1noc(-c2cccc(C#N)c2)n1. The summed E-state index contributed by atoms with van der Waals surface area (Å²) >= 11 is 3.83. The molecule has 4 nitrogen and oxygen atoms in total. The zero-order chi connectivity index (χ0) is 13.9. The van der Waals surface area contributed by atoms with Crippen molar-refractivity contribution in [2.75, 3.05) is 11.5 Å². The lowest BCUT2D eigenvalue weighted by atomic mass is 10.1. The van der Waals surface area contributed by atoms with Gasteiger partial charge in [0, 0.05) is 22.3 Å². The zero-order valence-corrected chi connectivity index (χ0v) is 12.6. The molecule has 0 spiro atoms. The highest BCUT2D eigenvalue weighted by atomic mass is 32.2. The van der Waals surface area contributed by atoms with Crippen molar-refractivity contribution < 1.29 is 4.52 Å². The summed E-state index contributed by atoms with van der Waals surface area (Å²) in [6.45, 7) is 2.20. The van der Waals surface area contributed by atoms with Crippen LogP contribution >= 0.6 is 23.5 Å². The Hall–Kier alpha value is -1.45. The van der Waals surface area contributed by atoms with Gasteiger partial charge < -0.3 is 4.52 Å². The third kappa shape index (κ3) is 2.69. The Morgan fingerprint density at radius 1 is 1.35 bits per heavy atom. The predicted molar refractivity (Wildman–Crippen MR) is 81.6 cm³/mol. The number of rotatable bonds is 2. The number of aromatic nitrogens is 2. The van der Waals surface area contributed by atoms with E-state index in [0.29, 0.717) is 16.7 Å². The van der Waals surface area contributed by atoms with E-state index in [-0.39, 0.29) is 5.25 Å². The van der Waals surface area contributed by atoms with Gasteiger partial charge in [0.05, 0.1) is 16.9 Å². The van der Waals surface area contributed by atoms with Crippen LogP contribution < -0.4 is 0 Å². The van der Waals surface area contributed by atoms with Crippen molar-refractivity contribution in [1.29, 1.82) is 5.26 Å². The van der Waals surface area contributed by atoms with E-state index in [2.05, 4.69) is 23.1 Å². The van der Waals surface area contributed by atoms with E-state index in [1.807, 2.05) is 35.7 Å². The second kappa shape index (κ2) is 5.90. The van der Waals surface area contributed by atoms with Crippen LogP contribution in [0, 0.1) is 11.3 Å². The predicted octanol–water partition coefficient (Wildman–Crippen LogP) is 3.52. The molecule has 0 bridgehead atoms. The summed E-state index contributed by atoms with van der Waals surface area (Å²) in [6, 6.07) is 9.35. The lowest BCUT2D eigenvalue weighted by molar-refractivity contribution is 0.422. The summed E-state index contributed by atoms with van der Waals surface area (Å²) in [5.74, 6) is 3.54. The molecule has 2 aromatic rings. The zero-order valence-electron chi connectivity index (χ0n) is 10.9. The fourth-order valence-corrected chi connectivity index (χ4v) is 4.79. The van der Waals surface area contributed by atoms with Crippen molar-refractivity contribution in [3.8, 4) is 17.5 Å². The molecule has 0 N–H and O–H groups in total. The molecule has 1 aromatic heterocycles. The molecule has 20 heavy (non-hydrogen) atoms. The Bertz CT molecular complexity index is 650. The summed E-state index contributed by atoms with van der Waals surface area (Å²) in [7, 11) is 0. The molecule has 2 unspecified atom stereocenters. The average Bonchev–Trinajstić information content (AvgIpc) is 2.97. The third-order valence-corrected chi connectivity index (χ3v) is 6.21. The Morgan fingerprint density at radius 3 is 3.00 bits per heavy atom. The smallest absolute Gasteiger partial charge is 0.258 e. The van der Waals surface area contributed by atoms with E-state index < -0.39 is 0 Å². The van der Waals surface area contributed by atoms with Gasteiger partial charge >= 0.3 is 0 Å². The van der Waals surface area contributed by atoms with Gasteiger partial charge in [-0.25, -0.2) is 0 Å². The normalized spacial score (nSPS) is 22.4. The topological polar surface area (TPSA) is 62.7 Å². The molecule has 1 fully saturated rings. The van der Waals surface area contributed by atoms with E-state index in [9.17, 15) is 0 Å². The van der Waals surface area contributed by atoms with E-state index in [0.717, 1.165) is 17.1 Å². The highest BCUT2D eigenvalue weighted by Gasteiger charge is 2.28. The molecule has 6 heteroatoms. The molecule has 1 aliphatic rings. The minimum absolute atomic E-state index is 0.283. The highest BCUT2D eigenvalue weighted by Crippen LogP contribution is 2.41. The van der Waals surface area contributed by atoms with Crippen LogP contribution in [0.25, 0.3) is 11.5 Å². The Balaban J connectivity index is 1.88. The third-order valence-electron chi connectivity index (χ3n) is 3.12. The number of hydrogen-bond donors (Lipinski definition) is 0. The van der Waals surface area contributed by atoms with Gasteiger partial charge in [-0.05, 0) is 18.2 Å². The van der Waals surface area contributed by atoms with E-state index in [4.69, 9.17) is 9.78 Å². The molecule has 102 valence electrons. The molecule has 1 aliphatic heterocycles. The first-order valence-corrected chi connectivity index (χ1v) is 8.45. The van der Waals surface area contributed by atoms with Crippen LogP contribution in [0.2, 0.25) is 0 Å². The van der Waals surface area contributed by atoms with Crippen LogP contribution in [0.15, 0.2) is 28.8 Å². The fourth-order valence-electron chi connectivity index (χ4n) is 2.11. The van der Waals surface area contributed by atoms with Gasteiger partial charge in [0.15, 0.2) is 5.82 Å². The van der Waals surface area contributed by atoms with Crippen LogP contribution in [-0.4, -0.2) is 26.9 Å². The molecule has 0 aliphatic carbocycles. The maximum atomic E-state index is 8.93. The largest absolute Gasteiger partial charge is 0.334 e. The molecule has 3 rings (SSSR count). The van der Waals surface area contributed by atoms with Crippen LogP contribution in [0.1, 0.15) is 23.6 Å². The number of benzene rings is 1. The van der Waals surface area contributed by atoms with Gasteiger partial charge in [-0.3, -0.25) is 0 Å². The standard InChI is InChI=1S/C14H13N3OS2/c1-9-12(20-6-5-19-9)13-16-14(18-17-13)11-4-2-3-10(7-11)8-15/h2-4,7,9,12H,5-6H2,1H3. The van der Waals surface area contributed by atoms with Gasteiger partial charge in [-0.15, -0.1) is 11.8 Å². The lowest BCUT2D eigenvalue weighted by Gasteiger charge is -2.24. The number of nitrogens with zero attached hydrogens (tertiary/aromatic N) is 3. The first-order chi connectivity index (χ1) is 9.78. The van der Waals surface area contributed by atoms with Crippen molar-refractivity contribution in [3.05, 3.63) is 35.7 Å². The lowest BCUT2D eigenvalue weighted by Crippen LogP contribution is -2.16. The second-order valence-corrected chi connectivity index (χ2v) is 7.25. The molecule has 1 saturated heterocycles. The maximum Gasteiger partial charge on any atom is 0.258 e. The molecular formula is C14H13N3OS2. The van der Waals surface area contributed by atoms with Gasteiger partial charge in [0.1, 0.15) is 0 Å². The van der Waals surface area contributed by atoms with Crippen LogP contribution in [0.3, 0.4) is 0 Å². The minimum Gasteiger partial charge on any atom is -0.334 e. The number of thioether (sulfide) groups is 2. The summed E-state index contributed by atoms with van der Waals surface area (Å²) < 4.78 is 5.36. The minimum atomic E-state index is 0.283. The summed E-state index contributed by atoms with van der Waals surface area (Å²) in [6.07, 6.45) is 0. The van der Waals surface area contributed by atoms with E-state index in [1.54, 1.807) is 12.1 Å². The van der Waals surface area contributed by atoms with Gasteiger partial charge in [0.25, 0.3) is 5.89 Å². The molecule has 0 saturated carbocycles. The Kier molecular flexibility index (Phi) is 3.99. The molecule has 1 aromatic carbocycles. The number of nitriles is 1. The van der Waals surface area contributed by atoms with E-state index in [1.165, 1.54) is 5.75 Å². The molecule has 2 heterocycles. The first kappa shape index (κ1) is 13.5. The van der Waals surface area contributed by atoms with Crippen LogP contribution in [0.4, 0.5) is 0 Å². The Morgan fingerprint density at radius 2 is 2.20 bits per heavy atom. The van der Waals surface area contributed by atoms with Gasteiger partial charge in [-0.2, -0.15) is 22.0 Å². The van der Waals surface area contributed by atoms with Crippen molar-refractivity contribution in [2.24, 2.45) is 0 Å². The molecule has 0 amide bonds. The maximum absolute atomic E-state index is 8.93. The molecule has 2 atom stereocenters. The van der Waals surface area contributed by atoms with Crippen LogP contribution in [-0.2, 0) is 0 Å². The average molecular weight is 303 g/mol. The van der Waals surface area contributed by atoms with Crippen LogP contribution in [0.5, 0.6) is 0 Å². The monoisotopic (exact) mass is 303 g/mol. The molecule has 0 radical (unpaired) electrons. The summed E-state index contributed by atoms with van der Waals surface area (Å²) in [5, 5.41) is 13.8. The van der Waals surface area contributed by atoms with Crippen molar-refractivity contribution in [1.82, 2.24) is 10.1 Å². The second-order valence-electron chi connectivity index (χ2n) is 4.52. The van der Waals surface area contributed by atoms with Gasteiger partial charge in [0.2, 0.25) is 0 Å². The van der Waals surface area contributed by atoms with Gasteiger partial charge in [-0.1, -0.05) is 18.1 Å². The summed E-state index contributed by atoms with van der Waals surface area (Å²) in [4.78, 5) is 4.51. The Labute approximate surface area is 125 Å². The highest BCUT2D eigenvalue weighted by molar-refractivity contribution is 8.06. The fraction of sp³-hybridized carbons (Fsp3) is 0.357. The molecular weight excluding hydrogens is 290 g/mol. The van der Waals surface area contributed by atoms with E-state index >= 15 is 0 Å². The van der Waals surface area contributed by atoms with Crippen molar-refractivity contribution >= 4 is 23.5 Å². The van der Waals surface area contributed by atoms with Crippen molar-refractivity contribution in [2.45, 2.75) is 17.4 Å². The number of hydrogen-bond acceptors (Lipinski definition) is 6. The first-order valence-electron chi connectivity index (χ1n) is 6.35. The quantitative estimate of drug-likeness (QED) is 0.846. The summed E-state index contributed by atoms with van der Waals surface area (Å²) in [5.41, 5.74) is 1.39.